The van der Waals surface area contributed by atoms with E-state index in [0.29, 0.717) is 12.2 Å². The molecule has 1 aromatic carbocycles. The van der Waals surface area contributed by atoms with E-state index in [0.717, 1.165) is 12.0 Å². The fraction of sp³-hybridized carbons (Fsp3) is 0.231. The Morgan fingerprint density at radius 1 is 1.31 bits per heavy atom. The van der Waals surface area contributed by atoms with Gasteiger partial charge in [-0.2, -0.15) is 0 Å². The Hall–Kier alpha value is -1.61. The minimum absolute atomic E-state index is 0.285. The van der Waals surface area contributed by atoms with Crippen LogP contribution in [0, 0.1) is 5.82 Å². The molecule has 1 unspecified atom stereocenters. The molecule has 0 amide bonds. The van der Waals surface area contributed by atoms with Gasteiger partial charge in [0.1, 0.15) is 5.82 Å². The van der Waals surface area contributed by atoms with Crippen molar-refractivity contribution in [3.63, 3.8) is 0 Å². The lowest BCUT2D eigenvalue weighted by Gasteiger charge is -2.31. The molecule has 1 aliphatic rings. The van der Waals surface area contributed by atoms with Crippen LogP contribution in [0.1, 0.15) is 12.0 Å². The molecule has 3 heteroatoms. The largest absolute Gasteiger partial charge is 0.398 e. The Bertz CT molecular complexity index is 451. The Kier molecular flexibility index (Phi) is 2.79. The fourth-order valence-corrected chi connectivity index (χ4v) is 2.11. The summed E-state index contributed by atoms with van der Waals surface area (Å²) in [5.41, 5.74) is 12.8. The maximum atomic E-state index is 13.0. The van der Waals surface area contributed by atoms with E-state index in [1.54, 1.807) is 6.07 Å². The monoisotopic (exact) mass is 218 g/mol. The van der Waals surface area contributed by atoms with Crippen molar-refractivity contribution in [2.24, 2.45) is 5.73 Å². The molecular weight excluding hydrogens is 203 g/mol. The predicted molar refractivity (Wildman–Crippen MR) is 64.4 cm³/mol. The molecule has 1 aliphatic carbocycles. The van der Waals surface area contributed by atoms with Crippen molar-refractivity contribution in [3.8, 4) is 0 Å². The molecule has 4 N–H and O–H groups in total. The average molecular weight is 218 g/mol. The summed E-state index contributed by atoms with van der Waals surface area (Å²) < 4.78 is 13.0. The van der Waals surface area contributed by atoms with Crippen molar-refractivity contribution < 1.29 is 4.39 Å². The Labute approximate surface area is 94.4 Å². The lowest BCUT2D eigenvalue weighted by Crippen LogP contribution is -2.34. The fourth-order valence-electron chi connectivity index (χ4n) is 2.11. The van der Waals surface area contributed by atoms with Crippen molar-refractivity contribution in [2.75, 3.05) is 12.3 Å². The highest BCUT2D eigenvalue weighted by Gasteiger charge is 2.29. The minimum Gasteiger partial charge on any atom is -0.398 e. The lowest BCUT2D eigenvalue weighted by atomic mass is 9.75. The second-order valence-corrected chi connectivity index (χ2v) is 4.08. The van der Waals surface area contributed by atoms with Gasteiger partial charge in [-0.05, 0) is 24.1 Å². The first-order valence-electron chi connectivity index (χ1n) is 5.28. The summed E-state index contributed by atoms with van der Waals surface area (Å²) in [5.74, 6) is -0.316. The molecule has 0 spiro atoms. The first-order chi connectivity index (χ1) is 7.68. The van der Waals surface area contributed by atoms with Crippen LogP contribution in [-0.4, -0.2) is 6.54 Å². The molecule has 2 nitrogen and oxygen atoms in total. The second kappa shape index (κ2) is 4.10. The second-order valence-electron chi connectivity index (χ2n) is 4.08. The lowest BCUT2D eigenvalue weighted by molar-refractivity contribution is 0.549. The van der Waals surface area contributed by atoms with Crippen LogP contribution in [0.3, 0.4) is 0 Å². The topological polar surface area (TPSA) is 52.0 Å². The van der Waals surface area contributed by atoms with Gasteiger partial charge in [0.15, 0.2) is 0 Å². The summed E-state index contributed by atoms with van der Waals surface area (Å²) in [6, 6.07) is 4.50. The van der Waals surface area contributed by atoms with Gasteiger partial charge in [0.25, 0.3) is 0 Å². The molecule has 0 aromatic heterocycles. The molecule has 1 atom stereocenters. The van der Waals surface area contributed by atoms with E-state index >= 15 is 0 Å². The van der Waals surface area contributed by atoms with Crippen molar-refractivity contribution in [1.82, 2.24) is 0 Å². The number of nitrogen functional groups attached to an aromatic ring is 1. The molecule has 0 saturated heterocycles. The summed E-state index contributed by atoms with van der Waals surface area (Å²) in [7, 11) is 0. The molecule has 16 heavy (non-hydrogen) atoms. The average Bonchev–Trinajstić information content (AvgIpc) is 2.30. The van der Waals surface area contributed by atoms with E-state index in [-0.39, 0.29) is 11.2 Å². The zero-order valence-corrected chi connectivity index (χ0v) is 8.99. The number of benzene rings is 1. The molecule has 0 aliphatic heterocycles. The van der Waals surface area contributed by atoms with E-state index < -0.39 is 0 Å². The summed E-state index contributed by atoms with van der Waals surface area (Å²) in [4.78, 5) is 0. The van der Waals surface area contributed by atoms with Gasteiger partial charge >= 0.3 is 0 Å². The normalized spacial score (nSPS) is 23.6. The van der Waals surface area contributed by atoms with Crippen LogP contribution < -0.4 is 11.5 Å². The summed E-state index contributed by atoms with van der Waals surface area (Å²) >= 11 is 0. The zero-order chi connectivity index (χ0) is 11.6. The highest BCUT2D eigenvalue weighted by atomic mass is 19.1. The summed E-state index contributed by atoms with van der Waals surface area (Å²) in [6.07, 6.45) is 8.83. The van der Waals surface area contributed by atoms with Crippen LogP contribution in [-0.2, 0) is 5.41 Å². The van der Waals surface area contributed by atoms with Crippen LogP contribution in [0.5, 0.6) is 0 Å². The first kappa shape index (κ1) is 10.9. The standard InChI is InChI=1S/C13H15FN2/c14-10-4-5-11(12(16)8-10)13(9-15)6-2-1-3-7-13/h1-6,8H,7,9,15-16H2. The minimum atomic E-state index is -0.316. The highest BCUT2D eigenvalue weighted by Crippen LogP contribution is 2.35. The third-order valence-corrected chi connectivity index (χ3v) is 3.06. The Morgan fingerprint density at radius 3 is 2.69 bits per heavy atom. The number of rotatable bonds is 2. The SMILES string of the molecule is NCC1(c2ccc(F)cc2N)C=CC=CC1. The van der Waals surface area contributed by atoms with Crippen molar-refractivity contribution in [2.45, 2.75) is 11.8 Å². The molecule has 0 bridgehead atoms. The quantitative estimate of drug-likeness (QED) is 0.747. The van der Waals surface area contributed by atoms with Crippen molar-refractivity contribution >= 4 is 5.69 Å². The van der Waals surface area contributed by atoms with Crippen LogP contribution >= 0.6 is 0 Å². The molecule has 0 radical (unpaired) electrons. The predicted octanol–water partition coefficient (Wildman–Crippen LogP) is 2.12. The van der Waals surface area contributed by atoms with Gasteiger partial charge in [0.05, 0.1) is 0 Å². The van der Waals surface area contributed by atoms with Gasteiger partial charge in [-0.1, -0.05) is 30.4 Å². The maximum Gasteiger partial charge on any atom is 0.125 e. The van der Waals surface area contributed by atoms with Crippen molar-refractivity contribution in [1.29, 1.82) is 0 Å². The molecule has 2 rings (SSSR count). The van der Waals surface area contributed by atoms with E-state index in [2.05, 4.69) is 6.08 Å². The van der Waals surface area contributed by atoms with Crippen LogP contribution in [0.25, 0.3) is 0 Å². The number of hydrogen-bond donors (Lipinski definition) is 2. The molecule has 0 fully saturated rings. The van der Waals surface area contributed by atoms with Gasteiger partial charge in [-0.15, -0.1) is 0 Å². The molecular formula is C13H15FN2. The van der Waals surface area contributed by atoms with E-state index in [9.17, 15) is 4.39 Å². The van der Waals surface area contributed by atoms with Crippen LogP contribution in [0.4, 0.5) is 10.1 Å². The van der Waals surface area contributed by atoms with Gasteiger partial charge in [0, 0.05) is 17.6 Å². The number of halogens is 1. The third kappa shape index (κ3) is 1.74. The highest BCUT2D eigenvalue weighted by molar-refractivity contribution is 5.54. The van der Waals surface area contributed by atoms with Gasteiger partial charge in [-0.3, -0.25) is 0 Å². The number of nitrogens with two attached hydrogens (primary N) is 2. The van der Waals surface area contributed by atoms with E-state index in [1.807, 2.05) is 18.2 Å². The summed E-state index contributed by atoms with van der Waals surface area (Å²) in [6.45, 7) is 0.462. The molecule has 1 aromatic rings. The van der Waals surface area contributed by atoms with Crippen molar-refractivity contribution in [3.05, 3.63) is 53.9 Å². The van der Waals surface area contributed by atoms with Gasteiger partial charge in [-0.25, -0.2) is 4.39 Å². The zero-order valence-electron chi connectivity index (χ0n) is 8.99. The Balaban J connectivity index is 2.48. The third-order valence-electron chi connectivity index (χ3n) is 3.06. The van der Waals surface area contributed by atoms with Gasteiger partial charge in [0.2, 0.25) is 0 Å². The maximum absolute atomic E-state index is 13.0. The number of allylic oxidation sites excluding steroid dienone is 3. The number of hydrogen-bond acceptors (Lipinski definition) is 2. The van der Waals surface area contributed by atoms with Crippen LogP contribution in [0.15, 0.2) is 42.5 Å². The van der Waals surface area contributed by atoms with Gasteiger partial charge < -0.3 is 11.5 Å². The first-order valence-corrected chi connectivity index (χ1v) is 5.28. The molecule has 0 heterocycles. The van der Waals surface area contributed by atoms with Crippen LogP contribution in [0.2, 0.25) is 0 Å². The number of anilines is 1. The van der Waals surface area contributed by atoms with E-state index in [1.165, 1.54) is 12.1 Å². The molecule has 84 valence electrons. The smallest absolute Gasteiger partial charge is 0.125 e. The molecule has 0 saturated carbocycles. The van der Waals surface area contributed by atoms with E-state index in [4.69, 9.17) is 11.5 Å². The summed E-state index contributed by atoms with van der Waals surface area (Å²) in [5, 5.41) is 0. The Morgan fingerprint density at radius 2 is 2.12 bits per heavy atom.